The fraction of sp³-hybridized carbons (Fsp3) is 0.400. The summed E-state index contributed by atoms with van der Waals surface area (Å²) in [6, 6.07) is 0. The lowest BCUT2D eigenvalue weighted by Gasteiger charge is -2.04. The largest absolute Gasteiger partial charge is 0.461 e. The smallest absolute Gasteiger partial charge is 0.360 e. The van der Waals surface area contributed by atoms with Crippen LogP contribution in [0.5, 0.6) is 0 Å². The van der Waals surface area contributed by atoms with Gasteiger partial charge in [-0.15, -0.1) is 16.4 Å². The van der Waals surface area contributed by atoms with Crippen molar-refractivity contribution in [2.75, 3.05) is 6.61 Å². The van der Waals surface area contributed by atoms with Crippen LogP contribution < -0.4 is 5.73 Å². The summed E-state index contributed by atoms with van der Waals surface area (Å²) in [5, 5.41) is 9.64. The molecule has 0 saturated carbocycles. The van der Waals surface area contributed by atoms with E-state index >= 15 is 0 Å². The highest BCUT2D eigenvalue weighted by molar-refractivity contribution is 7.07. The van der Waals surface area contributed by atoms with Crippen LogP contribution in [0.1, 0.15) is 28.8 Å². The zero-order chi connectivity index (χ0) is 13.0. The van der Waals surface area contributed by atoms with Crippen LogP contribution in [0.3, 0.4) is 0 Å². The average Bonchev–Trinajstić information content (AvgIpc) is 2.99. The first-order valence-corrected chi connectivity index (χ1v) is 6.37. The second kappa shape index (κ2) is 5.69. The van der Waals surface area contributed by atoms with E-state index < -0.39 is 5.97 Å². The second-order valence-corrected chi connectivity index (χ2v) is 4.17. The standard InChI is InChI=1S/C10H13N5O2S/c1-2-17-10(16)9-8(3-11)15(14-13-9)4-7-5-18-6-12-7/h5-6H,2-4,11H2,1H3. The van der Waals surface area contributed by atoms with Crippen molar-refractivity contribution in [3.8, 4) is 0 Å². The van der Waals surface area contributed by atoms with Gasteiger partial charge in [-0.2, -0.15) is 0 Å². The van der Waals surface area contributed by atoms with Gasteiger partial charge in [-0.3, -0.25) is 0 Å². The summed E-state index contributed by atoms with van der Waals surface area (Å²) in [6.45, 7) is 2.65. The number of nitrogens with zero attached hydrogens (tertiary/aromatic N) is 4. The number of hydrogen-bond donors (Lipinski definition) is 1. The molecule has 0 bridgehead atoms. The number of hydrogen-bond acceptors (Lipinski definition) is 7. The highest BCUT2D eigenvalue weighted by Crippen LogP contribution is 2.10. The van der Waals surface area contributed by atoms with Crippen molar-refractivity contribution < 1.29 is 9.53 Å². The van der Waals surface area contributed by atoms with E-state index in [1.807, 2.05) is 5.38 Å². The molecule has 0 fully saturated rings. The van der Waals surface area contributed by atoms with E-state index in [1.54, 1.807) is 17.1 Å². The topological polar surface area (TPSA) is 95.9 Å². The lowest BCUT2D eigenvalue weighted by molar-refractivity contribution is 0.0518. The van der Waals surface area contributed by atoms with Crippen LogP contribution in [0.2, 0.25) is 0 Å². The van der Waals surface area contributed by atoms with Gasteiger partial charge in [-0.1, -0.05) is 5.21 Å². The fourth-order valence-corrected chi connectivity index (χ4v) is 2.04. The molecule has 0 saturated heterocycles. The molecule has 96 valence electrons. The van der Waals surface area contributed by atoms with Gasteiger partial charge >= 0.3 is 5.97 Å². The van der Waals surface area contributed by atoms with E-state index in [0.717, 1.165) is 5.69 Å². The number of nitrogens with two attached hydrogens (primary N) is 1. The van der Waals surface area contributed by atoms with Gasteiger partial charge in [0, 0.05) is 11.9 Å². The Morgan fingerprint density at radius 3 is 3.06 bits per heavy atom. The molecular formula is C10H13N5O2S. The molecule has 2 heterocycles. The van der Waals surface area contributed by atoms with Gasteiger partial charge in [-0.05, 0) is 6.92 Å². The average molecular weight is 267 g/mol. The van der Waals surface area contributed by atoms with Gasteiger partial charge in [-0.25, -0.2) is 14.5 Å². The first-order valence-electron chi connectivity index (χ1n) is 5.42. The Morgan fingerprint density at radius 1 is 1.61 bits per heavy atom. The molecule has 0 aliphatic carbocycles. The van der Waals surface area contributed by atoms with Gasteiger partial charge in [0.15, 0.2) is 5.69 Å². The van der Waals surface area contributed by atoms with Crippen LogP contribution in [-0.2, 0) is 17.8 Å². The predicted molar refractivity (Wildman–Crippen MR) is 65.1 cm³/mol. The minimum absolute atomic E-state index is 0.172. The Kier molecular flexibility index (Phi) is 4.00. The molecule has 0 unspecified atom stereocenters. The van der Waals surface area contributed by atoms with Crippen molar-refractivity contribution in [3.63, 3.8) is 0 Å². The molecule has 0 atom stereocenters. The molecule has 0 aliphatic heterocycles. The molecule has 2 aromatic rings. The van der Waals surface area contributed by atoms with Crippen molar-refractivity contribution in [3.05, 3.63) is 28.0 Å². The van der Waals surface area contributed by atoms with Crippen molar-refractivity contribution in [2.24, 2.45) is 5.73 Å². The SMILES string of the molecule is CCOC(=O)c1nnn(Cc2cscn2)c1CN. The lowest BCUT2D eigenvalue weighted by Crippen LogP contribution is -2.14. The second-order valence-electron chi connectivity index (χ2n) is 3.45. The number of rotatable bonds is 5. The number of thiazole rings is 1. The Labute approximate surface area is 108 Å². The molecule has 2 aromatic heterocycles. The monoisotopic (exact) mass is 267 g/mol. The highest BCUT2D eigenvalue weighted by atomic mass is 32.1. The van der Waals surface area contributed by atoms with Crippen molar-refractivity contribution >= 4 is 17.3 Å². The maximum absolute atomic E-state index is 11.6. The third kappa shape index (κ3) is 2.54. The molecule has 2 N–H and O–H groups in total. The summed E-state index contributed by atoms with van der Waals surface area (Å²) in [5.41, 5.74) is 8.96. The summed E-state index contributed by atoms with van der Waals surface area (Å²) in [6.07, 6.45) is 0. The predicted octanol–water partition coefficient (Wildman–Crippen LogP) is 0.418. The van der Waals surface area contributed by atoms with E-state index in [1.165, 1.54) is 11.3 Å². The Hall–Kier alpha value is -1.80. The van der Waals surface area contributed by atoms with E-state index in [0.29, 0.717) is 18.8 Å². The molecule has 8 heteroatoms. The van der Waals surface area contributed by atoms with E-state index in [4.69, 9.17) is 10.5 Å². The van der Waals surface area contributed by atoms with Gasteiger partial charge in [0.2, 0.25) is 0 Å². The number of carbonyl (C=O) groups is 1. The first-order chi connectivity index (χ1) is 8.76. The van der Waals surface area contributed by atoms with Crippen molar-refractivity contribution in [1.82, 2.24) is 20.0 Å². The quantitative estimate of drug-likeness (QED) is 0.789. The summed E-state index contributed by atoms with van der Waals surface area (Å²) < 4.78 is 6.47. The van der Waals surface area contributed by atoms with E-state index in [2.05, 4.69) is 15.3 Å². The number of aromatic nitrogens is 4. The number of carbonyl (C=O) groups excluding carboxylic acids is 1. The van der Waals surface area contributed by atoms with Crippen LogP contribution >= 0.6 is 11.3 Å². The summed E-state index contributed by atoms with van der Waals surface area (Å²) in [4.78, 5) is 15.8. The van der Waals surface area contributed by atoms with Crippen LogP contribution in [-0.4, -0.2) is 32.6 Å². The highest BCUT2D eigenvalue weighted by Gasteiger charge is 2.19. The molecule has 0 spiro atoms. The molecule has 7 nitrogen and oxygen atoms in total. The van der Waals surface area contributed by atoms with Crippen molar-refractivity contribution in [2.45, 2.75) is 20.0 Å². The van der Waals surface area contributed by atoms with Gasteiger partial charge in [0.25, 0.3) is 0 Å². The Morgan fingerprint density at radius 2 is 2.44 bits per heavy atom. The Balaban J connectivity index is 2.24. The molecule has 0 amide bonds. The zero-order valence-corrected chi connectivity index (χ0v) is 10.7. The first kappa shape index (κ1) is 12.7. The molecule has 0 aliphatic rings. The summed E-state index contributed by atoms with van der Waals surface area (Å²) in [7, 11) is 0. The fourth-order valence-electron chi connectivity index (χ4n) is 1.49. The molecule has 18 heavy (non-hydrogen) atoms. The van der Waals surface area contributed by atoms with Crippen LogP contribution in [0.15, 0.2) is 10.9 Å². The maximum Gasteiger partial charge on any atom is 0.360 e. The van der Waals surface area contributed by atoms with Crippen LogP contribution in [0.4, 0.5) is 0 Å². The lowest BCUT2D eigenvalue weighted by atomic mass is 10.3. The molecule has 0 radical (unpaired) electrons. The minimum atomic E-state index is -0.498. The van der Waals surface area contributed by atoms with Crippen molar-refractivity contribution in [1.29, 1.82) is 0 Å². The van der Waals surface area contributed by atoms with Crippen LogP contribution in [0, 0.1) is 0 Å². The van der Waals surface area contributed by atoms with Crippen LogP contribution in [0.25, 0.3) is 0 Å². The number of ether oxygens (including phenoxy) is 1. The number of esters is 1. The molecular weight excluding hydrogens is 254 g/mol. The Bertz CT molecular complexity index is 522. The summed E-state index contributed by atoms with van der Waals surface area (Å²) in [5.74, 6) is -0.498. The third-order valence-corrected chi connectivity index (χ3v) is 2.93. The zero-order valence-electron chi connectivity index (χ0n) is 9.87. The minimum Gasteiger partial charge on any atom is -0.461 e. The normalized spacial score (nSPS) is 10.6. The maximum atomic E-state index is 11.6. The summed E-state index contributed by atoms with van der Waals surface area (Å²) >= 11 is 1.50. The molecule has 0 aromatic carbocycles. The van der Waals surface area contributed by atoms with Gasteiger partial charge < -0.3 is 10.5 Å². The molecule has 2 rings (SSSR count). The van der Waals surface area contributed by atoms with Gasteiger partial charge in [0.1, 0.15) is 0 Å². The van der Waals surface area contributed by atoms with E-state index in [-0.39, 0.29) is 12.2 Å². The van der Waals surface area contributed by atoms with E-state index in [9.17, 15) is 4.79 Å². The third-order valence-electron chi connectivity index (χ3n) is 2.29. The van der Waals surface area contributed by atoms with Gasteiger partial charge in [0.05, 0.1) is 30.1 Å².